The summed E-state index contributed by atoms with van der Waals surface area (Å²) in [6.45, 7) is 4.41. The fourth-order valence-electron chi connectivity index (χ4n) is 6.65. The lowest BCUT2D eigenvalue weighted by molar-refractivity contribution is -0.122. The Kier molecular flexibility index (Phi) is 3.52. The molecule has 4 rings (SSSR count). The van der Waals surface area contributed by atoms with E-state index < -0.39 is 18.3 Å². The van der Waals surface area contributed by atoms with Crippen molar-refractivity contribution in [2.45, 2.75) is 76.8 Å². The zero-order chi connectivity index (χ0) is 16.6. The largest absolute Gasteiger partial charge is 0.393 e. The molecule has 0 amide bonds. The fraction of sp³-hybridized carbons (Fsp3) is 0.895. The van der Waals surface area contributed by atoms with Gasteiger partial charge in [0.2, 0.25) is 0 Å². The van der Waals surface area contributed by atoms with Gasteiger partial charge < -0.3 is 20.4 Å². The summed E-state index contributed by atoms with van der Waals surface area (Å²) in [5, 5.41) is 41.6. The Bertz CT molecular complexity index is 531. The lowest BCUT2D eigenvalue weighted by Gasteiger charge is -2.59. The third-order valence-corrected chi connectivity index (χ3v) is 8.11. The van der Waals surface area contributed by atoms with Crippen molar-refractivity contribution in [1.82, 2.24) is 0 Å². The standard InChI is InChI=1S/C19H30O4/c1-18-6-5-12-17(11(18)3-4-16(18)23)14(21)8-10-7-13(20)15(22)9-19(10,12)2/h8,11-17,20-23H,3-7,9H2,1-2H3/t11-,12-,13+,14-,15+,16-,17-,18-,19-/m0/s1. The minimum Gasteiger partial charge on any atom is -0.393 e. The van der Waals surface area contributed by atoms with E-state index in [0.29, 0.717) is 24.7 Å². The molecule has 4 heteroatoms. The van der Waals surface area contributed by atoms with Crippen LogP contribution < -0.4 is 0 Å². The van der Waals surface area contributed by atoms with Gasteiger partial charge in [-0.25, -0.2) is 0 Å². The quantitative estimate of drug-likeness (QED) is 0.511. The molecule has 9 atom stereocenters. The maximum Gasteiger partial charge on any atom is 0.0836 e. The lowest BCUT2D eigenvalue weighted by atomic mass is 9.47. The summed E-state index contributed by atoms with van der Waals surface area (Å²) < 4.78 is 0. The summed E-state index contributed by atoms with van der Waals surface area (Å²) in [5.74, 6) is 0.856. The maximum absolute atomic E-state index is 10.9. The summed E-state index contributed by atoms with van der Waals surface area (Å²) in [4.78, 5) is 0. The van der Waals surface area contributed by atoms with Gasteiger partial charge in [-0.05, 0) is 67.1 Å². The molecule has 0 aromatic carbocycles. The van der Waals surface area contributed by atoms with Crippen molar-refractivity contribution in [2.75, 3.05) is 0 Å². The summed E-state index contributed by atoms with van der Waals surface area (Å²) in [5.41, 5.74) is 0.930. The number of aliphatic hydroxyl groups is 4. The second kappa shape index (κ2) is 5.04. The topological polar surface area (TPSA) is 80.9 Å². The van der Waals surface area contributed by atoms with Crippen molar-refractivity contribution in [3.63, 3.8) is 0 Å². The third kappa shape index (κ3) is 2.05. The lowest BCUT2D eigenvalue weighted by Crippen LogP contribution is -2.56. The van der Waals surface area contributed by atoms with Gasteiger partial charge in [-0.2, -0.15) is 0 Å². The molecule has 4 nitrogen and oxygen atoms in total. The first-order chi connectivity index (χ1) is 10.8. The fourth-order valence-corrected chi connectivity index (χ4v) is 6.65. The molecule has 3 saturated carbocycles. The third-order valence-electron chi connectivity index (χ3n) is 8.11. The highest BCUT2D eigenvalue weighted by atomic mass is 16.3. The first kappa shape index (κ1) is 16.1. The second-order valence-electron chi connectivity index (χ2n) is 9.07. The van der Waals surface area contributed by atoms with Gasteiger partial charge in [0.1, 0.15) is 0 Å². The van der Waals surface area contributed by atoms with E-state index >= 15 is 0 Å². The van der Waals surface area contributed by atoms with E-state index in [9.17, 15) is 20.4 Å². The smallest absolute Gasteiger partial charge is 0.0836 e. The molecule has 23 heavy (non-hydrogen) atoms. The van der Waals surface area contributed by atoms with Crippen LogP contribution in [0.4, 0.5) is 0 Å². The Morgan fingerprint density at radius 3 is 2.43 bits per heavy atom. The van der Waals surface area contributed by atoms with Crippen LogP contribution in [0.25, 0.3) is 0 Å². The van der Waals surface area contributed by atoms with Crippen LogP contribution in [0, 0.1) is 28.6 Å². The van der Waals surface area contributed by atoms with E-state index in [0.717, 1.165) is 31.3 Å². The summed E-state index contributed by atoms with van der Waals surface area (Å²) in [6.07, 6.45) is 4.71. The van der Waals surface area contributed by atoms with E-state index in [1.807, 2.05) is 6.08 Å². The number of fused-ring (bicyclic) bond motifs is 5. The highest BCUT2D eigenvalue weighted by Gasteiger charge is 2.61. The van der Waals surface area contributed by atoms with Crippen molar-refractivity contribution in [2.24, 2.45) is 28.6 Å². The Hall–Kier alpha value is -0.420. The zero-order valence-corrected chi connectivity index (χ0v) is 14.2. The van der Waals surface area contributed by atoms with E-state index in [2.05, 4.69) is 13.8 Å². The number of hydrogen-bond acceptors (Lipinski definition) is 4. The predicted octanol–water partition coefficient (Wildman–Crippen LogP) is 1.61. The predicted molar refractivity (Wildman–Crippen MR) is 86.5 cm³/mol. The minimum atomic E-state index is -0.708. The van der Waals surface area contributed by atoms with Gasteiger partial charge in [0, 0.05) is 0 Å². The molecule has 0 unspecified atom stereocenters. The Balaban J connectivity index is 1.74. The molecule has 0 bridgehead atoms. The van der Waals surface area contributed by atoms with E-state index in [4.69, 9.17) is 0 Å². The molecule has 0 spiro atoms. The van der Waals surface area contributed by atoms with Gasteiger partial charge in [-0.1, -0.05) is 25.5 Å². The first-order valence-electron chi connectivity index (χ1n) is 9.21. The van der Waals surface area contributed by atoms with Crippen LogP contribution in [0.5, 0.6) is 0 Å². The highest BCUT2D eigenvalue weighted by molar-refractivity contribution is 5.28. The van der Waals surface area contributed by atoms with Crippen LogP contribution in [-0.2, 0) is 0 Å². The van der Waals surface area contributed by atoms with Gasteiger partial charge in [0.15, 0.2) is 0 Å². The SMILES string of the molecule is C[C@]12CC[C@H]3[C@@H]([C@@H](O)C=C4C[C@@H](O)[C@H](O)C[C@@]43C)[C@@H]1CC[C@@H]2O. The molecule has 0 aromatic rings. The van der Waals surface area contributed by atoms with Crippen molar-refractivity contribution in [3.8, 4) is 0 Å². The molecular weight excluding hydrogens is 292 g/mol. The van der Waals surface area contributed by atoms with Crippen LogP contribution in [0.15, 0.2) is 11.6 Å². The van der Waals surface area contributed by atoms with Crippen molar-refractivity contribution in [3.05, 3.63) is 11.6 Å². The average molecular weight is 322 g/mol. The summed E-state index contributed by atoms with van der Waals surface area (Å²) in [7, 11) is 0. The number of aliphatic hydroxyl groups excluding tert-OH is 4. The summed E-state index contributed by atoms with van der Waals surface area (Å²) >= 11 is 0. The van der Waals surface area contributed by atoms with Gasteiger partial charge in [-0.15, -0.1) is 0 Å². The van der Waals surface area contributed by atoms with E-state index in [-0.39, 0.29) is 22.9 Å². The monoisotopic (exact) mass is 322 g/mol. The van der Waals surface area contributed by atoms with Crippen LogP contribution in [0.1, 0.15) is 52.4 Å². The zero-order valence-electron chi connectivity index (χ0n) is 14.2. The second-order valence-corrected chi connectivity index (χ2v) is 9.07. The van der Waals surface area contributed by atoms with E-state index in [1.54, 1.807) is 0 Å². The van der Waals surface area contributed by atoms with Crippen LogP contribution in [-0.4, -0.2) is 44.8 Å². The van der Waals surface area contributed by atoms with Gasteiger partial charge in [0.25, 0.3) is 0 Å². The van der Waals surface area contributed by atoms with Crippen LogP contribution in [0.3, 0.4) is 0 Å². The Morgan fingerprint density at radius 2 is 1.70 bits per heavy atom. The van der Waals surface area contributed by atoms with Gasteiger partial charge >= 0.3 is 0 Å². The molecule has 4 aliphatic carbocycles. The highest BCUT2D eigenvalue weighted by Crippen LogP contribution is 2.64. The average Bonchev–Trinajstić information content (AvgIpc) is 2.78. The van der Waals surface area contributed by atoms with E-state index in [1.165, 1.54) is 0 Å². The van der Waals surface area contributed by atoms with Gasteiger partial charge in [0.05, 0.1) is 24.4 Å². The molecule has 0 heterocycles. The van der Waals surface area contributed by atoms with Crippen molar-refractivity contribution >= 4 is 0 Å². The van der Waals surface area contributed by atoms with Crippen molar-refractivity contribution in [1.29, 1.82) is 0 Å². The molecule has 0 aromatic heterocycles. The molecule has 4 aliphatic rings. The molecule has 3 fully saturated rings. The minimum absolute atomic E-state index is 0.0728. The molecular formula is C19H30O4. The molecule has 0 aliphatic heterocycles. The van der Waals surface area contributed by atoms with Gasteiger partial charge in [-0.3, -0.25) is 0 Å². The molecule has 130 valence electrons. The Labute approximate surface area is 138 Å². The maximum atomic E-state index is 10.9. The molecule has 0 radical (unpaired) electrons. The number of hydrogen-bond donors (Lipinski definition) is 4. The first-order valence-corrected chi connectivity index (χ1v) is 9.21. The van der Waals surface area contributed by atoms with Crippen molar-refractivity contribution < 1.29 is 20.4 Å². The molecule has 4 N–H and O–H groups in total. The van der Waals surface area contributed by atoms with Crippen LogP contribution in [0.2, 0.25) is 0 Å². The number of rotatable bonds is 0. The Morgan fingerprint density at radius 1 is 0.957 bits per heavy atom. The summed E-state index contributed by atoms with van der Waals surface area (Å²) in [6, 6.07) is 0. The molecule has 0 saturated heterocycles. The normalized spacial score (nSPS) is 58.9. The van der Waals surface area contributed by atoms with Crippen LogP contribution >= 0.6 is 0 Å².